The van der Waals surface area contributed by atoms with Gasteiger partial charge in [0.25, 0.3) is 0 Å². The molecule has 15 heavy (non-hydrogen) atoms. The third-order valence-electron chi connectivity index (χ3n) is 1.07. The number of nitrogens with two attached hydrogens (primary N) is 1. The van der Waals surface area contributed by atoms with Gasteiger partial charge in [-0.3, -0.25) is 5.32 Å². The van der Waals surface area contributed by atoms with E-state index < -0.39 is 23.3 Å². The number of hydrogen-bond donors (Lipinski definition) is 2. The molecule has 0 aromatic heterocycles. The Balaban J connectivity index is 4.07. The summed E-state index contributed by atoms with van der Waals surface area (Å²) in [5.74, 6) is 0. The molecule has 88 valence electrons. The molecule has 0 saturated carbocycles. The first-order valence-corrected chi connectivity index (χ1v) is 5.52. The van der Waals surface area contributed by atoms with Crippen LogP contribution in [0.15, 0.2) is 0 Å². The van der Waals surface area contributed by atoms with Crippen molar-refractivity contribution in [2.45, 2.75) is 31.9 Å². The fourth-order valence-electron chi connectivity index (χ4n) is 0.646. The predicted octanol–water partition coefficient (Wildman–Crippen LogP) is 1.25. The van der Waals surface area contributed by atoms with E-state index in [1.807, 2.05) is 0 Å². The van der Waals surface area contributed by atoms with Gasteiger partial charge in [-0.2, -0.15) is 0 Å². The van der Waals surface area contributed by atoms with Gasteiger partial charge in [-0.25, -0.2) is 9.59 Å². The van der Waals surface area contributed by atoms with Gasteiger partial charge in [0.05, 0.1) is 0 Å². The van der Waals surface area contributed by atoms with Gasteiger partial charge in [0, 0.05) is 0 Å². The van der Waals surface area contributed by atoms with Crippen LogP contribution in [0.1, 0.15) is 20.8 Å². The maximum Gasteiger partial charge on any atom is 0.411 e. The lowest BCUT2D eigenvalue weighted by Gasteiger charge is -2.22. The highest BCUT2D eigenvalue weighted by Crippen LogP contribution is 2.09. The van der Waals surface area contributed by atoms with Crippen LogP contribution in [0.5, 0.6) is 0 Å². The van der Waals surface area contributed by atoms with Crippen molar-refractivity contribution in [2.75, 3.05) is 6.26 Å². The van der Waals surface area contributed by atoms with Crippen LogP contribution in [0.4, 0.5) is 9.59 Å². The summed E-state index contributed by atoms with van der Waals surface area (Å²) in [4.78, 5) is 21.7. The zero-order valence-electron chi connectivity index (χ0n) is 9.20. The van der Waals surface area contributed by atoms with Gasteiger partial charge < -0.3 is 15.2 Å². The monoisotopic (exact) mass is 236 g/mol. The summed E-state index contributed by atoms with van der Waals surface area (Å²) in [6.45, 7) is 5.20. The molecule has 0 heterocycles. The lowest BCUT2D eigenvalue weighted by Crippen LogP contribution is -2.40. The van der Waals surface area contributed by atoms with E-state index in [1.54, 1.807) is 27.0 Å². The van der Waals surface area contributed by atoms with Gasteiger partial charge in [0.1, 0.15) is 5.60 Å². The molecule has 0 spiro atoms. The smallest absolute Gasteiger partial charge is 0.411 e. The predicted molar refractivity (Wildman–Crippen MR) is 57.3 cm³/mol. The van der Waals surface area contributed by atoms with Crippen molar-refractivity contribution in [1.82, 2.24) is 5.32 Å². The Morgan fingerprint density at radius 2 is 1.93 bits per heavy atom. The molecule has 0 saturated heterocycles. The molecular weight excluding hydrogens is 220 g/mol. The molecule has 0 aromatic rings. The molecule has 0 rings (SSSR count). The number of ether oxygens (including phenoxy) is 2. The Morgan fingerprint density at radius 3 is 2.27 bits per heavy atom. The van der Waals surface area contributed by atoms with Crippen LogP contribution in [0.2, 0.25) is 0 Å². The zero-order valence-corrected chi connectivity index (χ0v) is 10.0. The van der Waals surface area contributed by atoms with E-state index in [2.05, 4.69) is 10.1 Å². The Bertz CT molecular complexity index is 239. The lowest BCUT2D eigenvalue weighted by molar-refractivity contribution is 0.0431. The largest absolute Gasteiger partial charge is 0.444 e. The summed E-state index contributed by atoms with van der Waals surface area (Å²) < 4.78 is 9.53. The minimum atomic E-state index is -0.953. The molecule has 0 aromatic carbocycles. The average molecular weight is 236 g/mol. The van der Waals surface area contributed by atoms with Gasteiger partial charge in [-0.15, -0.1) is 0 Å². The first-order chi connectivity index (χ1) is 6.74. The Kier molecular flexibility index (Phi) is 5.27. The maximum absolute atomic E-state index is 11.2. The van der Waals surface area contributed by atoms with Crippen LogP contribution in [0, 0.1) is 0 Å². The number of alkyl carbamates (subject to hydrolysis) is 1. The van der Waals surface area contributed by atoms with E-state index in [-0.39, 0.29) is 0 Å². The van der Waals surface area contributed by atoms with Crippen molar-refractivity contribution in [1.29, 1.82) is 0 Å². The van der Waals surface area contributed by atoms with Gasteiger partial charge in [0.15, 0.2) is 0 Å². The minimum absolute atomic E-state index is 0.597. The maximum atomic E-state index is 11.2. The molecule has 2 amide bonds. The Morgan fingerprint density at radius 1 is 1.40 bits per heavy atom. The number of hydrogen-bond acceptors (Lipinski definition) is 5. The Hall–Kier alpha value is -1.11. The first-order valence-electron chi connectivity index (χ1n) is 4.23. The molecule has 0 fully saturated rings. The highest BCUT2D eigenvalue weighted by Gasteiger charge is 2.20. The standard InChI is InChI=1S/C8H16N2O4S/c1-8(2,3)14-6(12)10-7(15-4)13-5(9)11/h7H,1-4H3,(H2,9,11)(H,10,12). The summed E-state index contributed by atoms with van der Waals surface area (Å²) in [5.41, 5.74) is 3.37. The normalized spacial score (nSPS) is 12.8. The first kappa shape index (κ1) is 13.9. The van der Waals surface area contributed by atoms with E-state index >= 15 is 0 Å². The summed E-state index contributed by atoms with van der Waals surface area (Å²) >= 11 is 1.12. The molecule has 0 aliphatic carbocycles. The molecular formula is C8H16N2O4S. The number of carbonyl (C=O) groups is 2. The third kappa shape index (κ3) is 7.92. The van der Waals surface area contributed by atoms with E-state index in [0.29, 0.717) is 0 Å². The molecule has 6 nitrogen and oxygen atoms in total. The summed E-state index contributed by atoms with van der Waals surface area (Å²) in [5, 5.41) is 2.33. The van der Waals surface area contributed by atoms with Crippen LogP contribution < -0.4 is 11.1 Å². The van der Waals surface area contributed by atoms with Gasteiger partial charge in [0.2, 0.25) is 5.56 Å². The van der Waals surface area contributed by atoms with Crippen LogP contribution in [0.3, 0.4) is 0 Å². The zero-order chi connectivity index (χ0) is 12.1. The fraction of sp³-hybridized carbons (Fsp3) is 0.750. The molecule has 3 N–H and O–H groups in total. The van der Waals surface area contributed by atoms with Crippen molar-refractivity contribution >= 4 is 23.9 Å². The number of rotatable bonds is 3. The molecule has 0 aliphatic rings. The fourth-order valence-corrected chi connectivity index (χ4v) is 1.05. The van der Waals surface area contributed by atoms with Crippen LogP contribution >= 0.6 is 11.8 Å². The minimum Gasteiger partial charge on any atom is -0.444 e. The molecule has 0 radical (unpaired) electrons. The summed E-state index contributed by atoms with van der Waals surface area (Å²) in [6, 6.07) is 0. The quantitative estimate of drug-likeness (QED) is 0.720. The van der Waals surface area contributed by atoms with Gasteiger partial charge in [-0.1, -0.05) is 11.8 Å². The van der Waals surface area contributed by atoms with Crippen molar-refractivity contribution in [3.05, 3.63) is 0 Å². The molecule has 0 bridgehead atoms. The SMILES string of the molecule is CSC(NC(=O)OC(C)(C)C)OC(N)=O. The second-order valence-electron chi connectivity index (χ2n) is 3.65. The van der Waals surface area contributed by atoms with Crippen LogP contribution in [0.25, 0.3) is 0 Å². The number of nitrogens with one attached hydrogen (secondary N) is 1. The van der Waals surface area contributed by atoms with Gasteiger partial charge in [-0.05, 0) is 27.0 Å². The summed E-state index contributed by atoms with van der Waals surface area (Å²) in [6.07, 6.45) is 0.0406. The van der Waals surface area contributed by atoms with Crippen LogP contribution in [-0.2, 0) is 9.47 Å². The highest BCUT2D eigenvalue weighted by molar-refractivity contribution is 7.99. The molecule has 1 unspecified atom stereocenters. The van der Waals surface area contributed by atoms with E-state index in [1.165, 1.54) is 0 Å². The van der Waals surface area contributed by atoms with Crippen molar-refractivity contribution in [3.63, 3.8) is 0 Å². The van der Waals surface area contributed by atoms with Crippen molar-refractivity contribution < 1.29 is 19.1 Å². The number of primary amides is 1. The van der Waals surface area contributed by atoms with Crippen molar-refractivity contribution in [2.24, 2.45) is 5.73 Å². The molecule has 1 atom stereocenters. The van der Waals surface area contributed by atoms with Crippen molar-refractivity contribution in [3.8, 4) is 0 Å². The number of thioether (sulfide) groups is 1. The second-order valence-corrected chi connectivity index (χ2v) is 4.55. The number of carbonyl (C=O) groups excluding carboxylic acids is 2. The molecule has 0 aliphatic heterocycles. The average Bonchev–Trinajstić information content (AvgIpc) is 1.98. The summed E-state index contributed by atoms with van der Waals surface area (Å²) in [7, 11) is 0. The Labute approximate surface area is 92.9 Å². The van der Waals surface area contributed by atoms with Gasteiger partial charge >= 0.3 is 12.2 Å². The number of amides is 2. The lowest BCUT2D eigenvalue weighted by atomic mass is 10.2. The van der Waals surface area contributed by atoms with E-state index in [9.17, 15) is 9.59 Å². The van der Waals surface area contributed by atoms with Crippen LogP contribution in [-0.4, -0.2) is 29.6 Å². The van der Waals surface area contributed by atoms with E-state index in [0.717, 1.165) is 11.8 Å². The highest BCUT2D eigenvalue weighted by atomic mass is 32.2. The van der Waals surface area contributed by atoms with E-state index in [4.69, 9.17) is 10.5 Å². The second kappa shape index (κ2) is 5.69. The topological polar surface area (TPSA) is 90.7 Å². The molecule has 7 heteroatoms. The third-order valence-corrected chi connectivity index (χ3v) is 1.71.